The average molecular weight is 379 g/mol. The van der Waals surface area contributed by atoms with Gasteiger partial charge in [0.2, 0.25) is 0 Å². The van der Waals surface area contributed by atoms with Crippen molar-refractivity contribution in [3.63, 3.8) is 0 Å². The number of aryl methyl sites for hydroxylation is 1. The summed E-state index contributed by atoms with van der Waals surface area (Å²) in [4.78, 5) is 29.6. The maximum atomic E-state index is 12.7. The van der Waals surface area contributed by atoms with E-state index in [4.69, 9.17) is 0 Å². The van der Waals surface area contributed by atoms with Crippen LogP contribution in [-0.4, -0.2) is 32.8 Å². The van der Waals surface area contributed by atoms with Crippen LogP contribution in [0.4, 0.5) is 5.69 Å². The molecule has 6 heteroatoms. The monoisotopic (exact) mass is 379 g/mol. The van der Waals surface area contributed by atoms with Crippen molar-refractivity contribution in [3.8, 4) is 0 Å². The predicted molar refractivity (Wildman–Crippen MR) is 109 cm³/mol. The Morgan fingerprint density at radius 2 is 2.00 bits per heavy atom. The number of nitrogens with zero attached hydrogens (tertiary/aromatic N) is 2. The molecule has 28 heavy (non-hydrogen) atoms. The van der Waals surface area contributed by atoms with Crippen LogP contribution in [-0.2, 0) is 0 Å². The first-order valence-corrected chi connectivity index (χ1v) is 9.39. The third-order valence-electron chi connectivity index (χ3n) is 5.08. The summed E-state index contributed by atoms with van der Waals surface area (Å²) in [6, 6.07) is 10.8. The van der Waals surface area contributed by atoms with E-state index in [9.17, 15) is 14.7 Å². The van der Waals surface area contributed by atoms with Gasteiger partial charge in [0.05, 0.1) is 6.20 Å². The van der Waals surface area contributed by atoms with Crippen molar-refractivity contribution in [1.82, 2.24) is 9.38 Å². The fourth-order valence-electron chi connectivity index (χ4n) is 3.08. The minimum atomic E-state index is -0.290. The van der Waals surface area contributed by atoms with Crippen LogP contribution in [0.1, 0.15) is 46.7 Å². The molecule has 0 spiro atoms. The first-order valence-electron chi connectivity index (χ1n) is 9.39. The maximum Gasteiger partial charge on any atom is 0.274 e. The maximum absolute atomic E-state index is 12.7. The number of fused-ring (bicyclic) bond motifs is 1. The molecule has 0 radical (unpaired) electrons. The number of aliphatic hydroxyl groups is 1. The standard InChI is InChI=1S/C22H25N3O3/c1-14(2)17(13-26)11-20(27)16-8-7-15(3)18(10-16)24-22(28)19-12-23-21-6-4-5-9-25(19)21/h4-10,12,14,17,26H,11,13H2,1-3H3,(H,24,28). The quantitative estimate of drug-likeness (QED) is 0.613. The highest BCUT2D eigenvalue weighted by Gasteiger charge is 2.19. The Hall–Kier alpha value is -2.99. The van der Waals surface area contributed by atoms with Gasteiger partial charge >= 0.3 is 0 Å². The lowest BCUT2D eigenvalue weighted by Crippen LogP contribution is -2.19. The smallest absolute Gasteiger partial charge is 0.274 e. The van der Waals surface area contributed by atoms with E-state index < -0.39 is 0 Å². The van der Waals surface area contributed by atoms with Crippen molar-refractivity contribution in [3.05, 3.63) is 65.6 Å². The van der Waals surface area contributed by atoms with E-state index in [0.717, 1.165) is 5.56 Å². The van der Waals surface area contributed by atoms with Crippen LogP contribution < -0.4 is 5.32 Å². The predicted octanol–water partition coefficient (Wildman–Crippen LogP) is 3.73. The Morgan fingerprint density at radius 1 is 1.21 bits per heavy atom. The summed E-state index contributed by atoms with van der Waals surface area (Å²) in [6.07, 6.45) is 3.59. The molecule has 1 aromatic carbocycles. The second kappa shape index (κ2) is 8.35. The molecule has 1 unspecified atom stereocenters. The summed E-state index contributed by atoms with van der Waals surface area (Å²) < 4.78 is 1.72. The molecule has 3 rings (SSSR count). The van der Waals surface area contributed by atoms with Gasteiger partial charge in [0.25, 0.3) is 5.91 Å². The SMILES string of the molecule is Cc1ccc(C(=O)CC(CO)C(C)C)cc1NC(=O)c1cnc2ccccn12. The lowest BCUT2D eigenvalue weighted by molar-refractivity contribution is 0.0907. The lowest BCUT2D eigenvalue weighted by Gasteiger charge is -2.17. The van der Waals surface area contributed by atoms with E-state index in [1.165, 1.54) is 6.20 Å². The van der Waals surface area contributed by atoms with Crippen LogP contribution in [0.2, 0.25) is 0 Å². The number of rotatable bonds is 7. The number of Topliss-reactive ketones (excluding diaryl/α,β-unsaturated/α-hetero) is 1. The van der Waals surface area contributed by atoms with Gasteiger partial charge in [-0.25, -0.2) is 4.98 Å². The molecule has 3 aromatic rings. The molecule has 0 fully saturated rings. The van der Waals surface area contributed by atoms with Crippen molar-refractivity contribution in [1.29, 1.82) is 0 Å². The largest absolute Gasteiger partial charge is 0.396 e. The Labute approximate surface area is 164 Å². The van der Waals surface area contributed by atoms with Crippen molar-refractivity contribution < 1.29 is 14.7 Å². The molecule has 0 saturated heterocycles. The molecule has 0 bridgehead atoms. The van der Waals surface area contributed by atoms with E-state index in [2.05, 4.69) is 10.3 Å². The van der Waals surface area contributed by atoms with Crippen LogP contribution in [0, 0.1) is 18.8 Å². The van der Waals surface area contributed by atoms with Crippen molar-refractivity contribution in [2.24, 2.45) is 11.8 Å². The number of aromatic nitrogens is 2. The minimum absolute atomic E-state index is 0.0207. The number of hydrogen-bond acceptors (Lipinski definition) is 4. The highest BCUT2D eigenvalue weighted by atomic mass is 16.3. The van der Waals surface area contributed by atoms with Gasteiger partial charge in [0.15, 0.2) is 5.78 Å². The highest BCUT2D eigenvalue weighted by molar-refractivity contribution is 6.05. The lowest BCUT2D eigenvalue weighted by atomic mass is 9.89. The van der Waals surface area contributed by atoms with Gasteiger partial charge < -0.3 is 10.4 Å². The summed E-state index contributed by atoms with van der Waals surface area (Å²) >= 11 is 0. The molecule has 0 saturated carbocycles. The number of carbonyl (C=O) groups is 2. The van der Waals surface area contributed by atoms with Crippen LogP contribution in [0.3, 0.4) is 0 Å². The van der Waals surface area contributed by atoms with Gasteiger partial charge in [-0.15, -0.1) is 0 Å². The van der Waals surface area contributed by atoms with E-state index in [-0.39, 0.29) is 36.6 Å². The van der Waals surface area contributed by atoms with Gasteiger partial charge in [0.1, 0.15) is 11.3 Å². The number of aliphatic hydroxyl groups excluding tert-OH is 1. The number of nitrogens with one attached hydrogen (secondary N) is 1. The Morgan fingerprint density at radius 3 is 2.71 bits per heavy atom. The molecule has 6 nitrogen and oxygen atoms in total. The van der Waals surface area contributed by atoms with E-state index >= 15 is 0 Å². The number of benzene rings is 1. The van der Waals surface area contributed by atoms with Gasteiger partial charge in [-0.1, -0.05) is 32.0 Å². The summed E-state index contributed by atoms with van der Waals surface area (Å²) in [5, 5.41) is 12.4. The molecular weight excluding hydrogens is 354 g/mol. The van der Waals surface area contributed by atoms with Gasteiger partial charge in [-0.2, -0.15) is 0 Å². The Kier molecular flexibility index (Phi) is 5.90. The van der Waals surface area contributed by atoms with Crippen LogP contribution in [0.25, 0.3) is 5.65 Å². The zero-order valence-corrected chi connectivity index (χ0v) is 16.3. The second-order valence-electron chi connectivity index (χ2n) is 7.37. The van der Waals surface area contributed by atoms with E-state index in [1.807, 2.05) is 45.0 Å². The number of pyridine rings is 1. The fraction of sp³-hybridized carbons (Fsp3) is 0.318. The first-order chi connectivity index (χ1) is 13.4. The zero-order chi connectivity index (χ0) is 20.3. The fourth-order valence-corrected chi connectivity index (χ4v) is 3.08. The zero-order valence-electron chi connectivity index (χ0n) is 16.3. The van der Waals surface area contributed by atoms with Crippen LogP contribution in [0.5, 0.6) is 0 Å². The van der Waals surface area contributed by atoms with E-state index in [0.29, 0.717) is 22.6 Å². The van der Waals surface area contributed by atoms with Gasteiger partial charge in [-0.05, 0) is 42.5 Å². The Balaban J connectivity index is 1.81. The average Bonchev–Trinajstić information content (AvgIpc) is 3.11. The Bertz CT molecular complexity index is 1010. The van der Waals surface area contributed by atoms with Crippen molar-refractivity contribution >= 4 is 23.0 Å². The number of imidazole rings is 1. The molecule has 0 aliphatic rings. The summed E-state index contributed by atoms with van der Waals surface area (Å²) in [5.41, 5.74) is 3.09. The normalized spacial score (nSPS) is 12.3. The van der Waals surface area contributed by atoms with Gasteiger partial charge in [-0.3, -0.25) is 14.0 Å². The molecular formula is C22H25N3O3. The summed E-state index contributed by atoms with van der Waals surface area (Å²) in [5.74, 6) is -0.196. The molecule has 146 valence electrons. The van der Waals surface area contributed by atoms with E-state index in [1.54, 1.807) is 22.7 Å². The van der Waals surface area contributed by atoms with Crippen molar-refractivity contribution in [2.75, 3.05) is 11.9 Å². The highest BCUT2D eigenvalue weighted by Crippen LogP contribution is 2.22. The number of amides is 1. The number of carbonyl (C=O) groups excluding carboxylic acids is 2. The molecule has 2 heterocycles. The van der Waals surface area contributed by atoms with Crippen LogP contribution in [0.15, 0.2) is 48.8 Å². The van der Waals surface area contributed by atoms with Crippen molar-refractivity contribution in [2.45, 2.75) is 27.2 Å². The first kappa shape index (κ1) is 19.8. The third-order valence-corrected chi connectivity index (χ3v) is 5.08. The molecule has 2 N–H and O–H groups in total. The topological polar surface area (TPSA) is 83.7 Å². The number of ketones is 1. The molecule has 1 amide bonds. The third kappa shape index (κ3) is 4.12. The molecule has 1 atom stereocenters. The second-order valence-corrected chi connectivity index (χ2v) is 7.37. The summed E-state index contributed by atoms with van der Waals surface area (Å²) in [6.45, 7) is 5.84. The van der Waals surface area contributed by atoms with Crippen LogP contribution >= 0.6 is 0 Å². The summed E-state index contributed by atoms with van der Waals surface area (Å²) in [7, 11) is 0. The minimum Gasteiger partial charge on any atom is -0.396 e. The number of hydrogen-bond donors (Lipinski definition) is 2. The van der Waals surface area contributed by atoms with Gasteiger partial charge in [0, 0.05) is 30.5 Å². The molecule has 0 aliphatic heterocycles. The molecule has 2 aromatic heterocycles. The number of anilines is 1. The molecule has 0 aliphatic carbocycles.